The van der Waals surface area contributed by atoms with Gasteiger partial charge in [0.1, 0.15) is 0 Å². The number of halogens is 3. The molecule has 0 spiro atoms. The number of aryl methyl sites for hydroxylation is 1. The molecule has 140 valence electrons. The lowest BCUT2D eigenvalue weighted by atomic mass is 9.86. The molecule has 0 radical (unpaired) electrons. The number of alkyl halides is 3. The first-order valence-corrected chi connectivity index (χ1v) is 8.31. The highest BCUT2D eigenvalue weighted by Gasteiger charge is 2.66. The predicted octanol–water partition coefficient (Wildman–Crippen LogP) is 3.42. The van der Waals surface area contributed by atoms with Gasteiger partial charge in [0.05, 0.1) is 5.41 Å². The molecule has 1 aromatic heterocycles. The maximum absolute atomic E-state index is 12.8. The van der Waals surface area contributed by atoms with Gasteiger partial charge in [0, 0.05) is 13.0 Å². The largest absolute Gasteiger partial charge is 0.471 e. The van der Waals surface area contributed by atoms with Gasteiger partial charge in [-0.2, -0.15) is 18.2 Å². The number of benzene rings is 1. The molecule has 26 heavy (non-hydrogen) atoms. The van der Waals surface area contributed by atoms with Gasteiger partial charge < -0.3 is 9.84 Å². The summed E-state index contributed by atoms with van der Waals surface area (Å²) in [4.78, 5) is 16.1. The maximum atomic E-state index is 12.8. The molecule has 1 N–H and O–H groups in total. The highest BCUT2D eigenvalue weighted by molar-refractivity contribution is 5.93. The number of amides is 1. The molecule has 1 saturated carbocycles. The van der Waals surface area contributed by atoms with E-state index < -0.39 is 17.5 Å². The van der Waals surface area contributed by atoms with Gasteiger partial charge in [-0.3, -0.25) is 4.79 Å². The van der Waals surface area contributed by atoms with Crippen molar-refractivity contribution in [1.82, 2.24) is 15.5 Å². The molecule has 1 heterocycles. The Labute approximate surface area is 149 Å². The third-order valence-electron chi connectivity index (χ3n) is 5.01. The van der Waals surface area contributed by atoms with Gasteiger partial charge in [-0.25, -0.2) is 0 Å². The molecule has 8 heteroatoms. The van der Waals surface area contributed by atoms with E-state index in [-0.39, 0.29) is 30.1 Å². The van der Waals surface area contributed by atoms with E-state index in [0.29, 0.717) is 0 Å². The lowest BCUT2D eigenvalue weighted by molar-refractivity contribution is -0.159. The Morgan fingerprint density at radius 2 is 1.88 bits per heavy atom. The monoisotopic (exact) mass is 367 g/mol. The van der Waals surface area contributed by atoms with Crippen molar-refractivity contribution in [2.24, 2.45) is 5.41 Å². The van der Waals surface area contributed by atoms with Crippen molar-refractivity contribution in [3.8, 4) is 0 Å². The molecule has 1 fully saturated rings. The first kappa shape index (κ1) is 18.4. The number of carbonyl (C=O) groups is 1. The molecule has 0 aliphatic heterocycles. The molecule has 1 unspecified atom stereocenters. The highest BCUT2D eigenvalue weighted by atomic mass is 19.4. The van der Waals surface area contributed by atoms with E-state index in [1.54, 1.807) is 0 Å². The fourth-order valence-electron chi connectivity index (χ4n) is 3.38. The van der Waals surface area contributed by atoms with E-state index in [1.165, 1.54) is 0 Å². The molecule has 1 aromatic carbocycles. The van der Waals surface area contributed by atoms with E-state index >= 15 is 0 Å². The van der Waals surface area contributed by atoms with Gasteiger partial charge >= 0.3 is 12.1 Å². The van der Waals surface area contributed by atoms with E-state index in [0.717, 1.165) is 17.5 Å². The molecule has 1 atom stereocenters. The maximum Gasteiger partial charge on any atom is 0.471 e. The lowest BCUT2D eigenvalue weighted by Crippen LogP contribution is -2.38. The van der Waals surface area contributed by atoms with Crippen molar-refractivity contribution < 1.29 is 22.5 Å². The van der Waals surface area contributed by atoms with Crippen LogP contribution < -0.4 is 5.32 Å². The second-order valence-electron chi connectivity index (χ2n) is 7.35. The minimum atomic E-state index is -4.66. The number of hydrogen-bond acceptors (Lipinski definition) is 4. The lowest BCUT2D eigenvalue weighted by Gasteiger charge is -2.20. The predicted molar refractivity (Wildman–Crippen MR) is 87.3 cm³/mol. The summed E-state index contributed by atoms with van der Waals surface area (Å²) in [6.45, 7) is 6.18. The summed E-state index contributed by atoms with van der Waals surface area (Å²) < 4.78 is 41.5. The zero-order valence-corrected chi connectivity index (χ0v) is 14.8. The number of aromatic nitrogens is 2. The number of carbonyl (C=O) groups excluding carboxylic acids is 1. The molecular formula is C18H20F3N3O2. The number of rotatable bonds is 5. The Kier molecular flexibility index (Phi) is 4.32. The molecule has 0 bridgehead atoms. The summed E-state index contributed by atoms with van der Waals surface area (Å²) in [6, 6.07) is 7.85. The molecular weight excluding hydrogens is 347 g/mol. The standard InChI is InChI=1S/C18H20F3N3O2/c1-11-4-6-12(7-5-11)17(10-16(17,2)3)14(25)22-9-8-13-23-15(26-24-13)18(19,20)21/h4-7H,8-10H2,1-3H3,(H,22,25). The van der Waals surface area contributed by atoms with Crippen LogP contribution in [0.5, 0.6) is 0 Å². The van der Waals surface area contributed by atoms with E-state index in [9.17, 15) is 18.0 Å². The van der Waals surface area contributed by atoms with Gasteiger partial charge in [0.15, 0.2) is 5.82 Å². The summed E-state index contributed by atoms with van der Waals surface area (Å²) in [5.74, 6) is -1.60. The first-order valence-electron chi connectivity index (χ1n) is 8.31. The topological polar surface area (TPSA) is 68.0 Å². The van der Waals surface area contributed by atoms with Crippen LogP contribution in [0.1, 0.15) is 43.1 Å². The van der Waals surface area contributed by atoms with Gasteiger partial charge in [0.2, 0.25) is 5.91 Å². The fourth-order valence-corrected chi connectivity index (χ4v) is 3.38. The van der Waals surface area contributed by atoms with E-state index in [4.69, 9.17) is 0 Å². The van der Waals surface area contributed by atoms with Crippen molar-refractivity contribution in [1.29, 1.82) is 0 Å². The second kappa shape index (κ2) is 6.10. The summed E-state index contributed by atoms with van der Waals surface area (Å²) >= 11 is 0. The van der Waals surface area contributed by atoms with Crippen LogP contribution in [0.25, 0.3) is 0 Å². The van der Waals surface area contributed by atoms with Crippen LogP contribution in [-0.2, 0) is 22.8 Å². The zero-order valence-electron chi connectivity index (χ0n) is 14.8. The normalized spacial score (nSPS) is 21.5. The Hall–Kier alpha value is -2.38. The van der Waals surface area contributed by atoms with Crippen LogP contribution in [0.2, 0.25) is 0 Å². The SMILES string of the molecule is Cc1ccc(C2(C(=O)NCCc3noc(C(F)(F)F)n3)CC2(C)C)cc1. The Morgan fingerprint density at radius 3 is 2.38 bits per heavy atom. The Bertz CT molecular complexity index is 812. The van der Waals surface area contributed by atoms with Crippen LogP contribution >= 0.6 is 0 Å². The van der Waals surface area contributed by atoms with Crippen LogP contribution in [-0.4, -0.2) is 22.6 Å². The first-order chi connectivity index (χ1) is 12.1. The average Bonchev–Trinajstić information content (AvgIpc) is 2.92. The second-order valence-corrected chi connectivity index (χ2v) is 7.35. The Morgan fingerprint density at radius 1 is 1.27 bits per heavy atom. The fraction of sp³-hybridized carbons (Fsp3) is 0.500. The van der Waals surface area contributed by atoms with Crippen LogP contribution in [0.3, 0.4) is 0 Å². The molecule has 3 rings (SSSR count). The van der Waals surface area contributed by atoms with Crippen molar-refractivity contribution in [3.63, 3.8) is 0 Å². The van der Waals surface area contributed by atoms with Crippen LogP contribution in [0, 0.1) is 12.3 Å². The average molecular weight is 367 g/mol. The third-order valence-corrected chi connectivity index (χ3v) is 5.01. The minimum Gasteiger partial charge on any atom is -0.355 e. The van der Waals surface area contributed by atoms with Crippen molar-refractivity contribution in [2.75, 3.05) is 6.54 Å². The van der Waals surface area contributed by atoms with E-state index in [1.807, 2.05) is 45.0 Å². The third kappa shape index (κ3) is 3.20. The minimum absolute atomic E-state index is 0.0652. The summed E-state index contributed by atoms with van der Waals surface area (Å²) in [6.07, 6.45) is -3.88. The van der Waals surface area contributed by atoms with Crippen molar-refractivity contribution in [3.05, 3.63) is 47.1 Å². The number of nitrogens with zero attached hydrogens (tertiary/aromatic N) is 2. The summed E-state index contributed by atoms with van der Waals surface area (Å²) in [5, 5.41) is 6.11. The van der Waals surface area contributed by atoms with Crippen molar-refractivity contribution in [2.45, 2.75) is 45.2 Å². The van der Waals surface area contributed by atoms with Crippen LogP contribution in [0.15, 0.2) is 28.8 Å². The number of hydrogen-bond donors (Lipinski definition) is 1. The van der Waals surface area contributed by atoms with Crippen LogP contribution in [0.4, 0.5) is 13.2 Å². The quantitative estimate of drug-likeness (QED) is 0.879. The molecule has 2 aromatic rings. The zero-order chi connectivity index (χ0) is 19.2. The Balaban J connectivity index is 1.65. The summed E-state index contributed by atoms with van der Waals surface area (Å²) in [7, 11) is 0. The summed E-state index contributed by atoms with van der Waals surface area (Å²) in [5.41, 5.74) is 1.27. The van der Waals surface area contributed by atoms with Crippen molar-refractivity contribution >= 4 is 5.91 Å². The molecule has 5 nitrogen and oxygen atoms in total. The van der Waals surface area contributed by atoms with Gasteiger partial charge in [-0.1, -0.05) is 48.8 Å². The molecule has 1 aliphatic carbocycles. The molecule has 0 saturated heterocycles. The molecule has 1 amide bonds. The smallest absolute Gasteiger partial charge is 0.355 e. The highest BCUT2D eigenvalue weighted by Crippen LogP contribution is 2.64. The van der Waals surface area contributed by atoms with Gasteiger partial charge in [0.25, 0.3) is 0 Å². The van der Waals surface area contributed by atoms with Gasteiger partial charge in [-0.15, -0.1) is 0 Å². The van der Waals surface area contributed by atoms with E-state index in [2.05, 4.69) is 20.0 Å². The van der Waals surface area contributed by atoms with Gasteiger partial charge in [-0.05, 0) is 24.3 Å². The molecule has 1 aliphatic rings. The number of nitrogens with one attached hydrogen (secondary N) is 1.